The van der Waals surface area contributed by atoms with Gasteiger partial charge in [-0.3, -0.25) is 9.78 Å². The first-order valence-electron chi connectivity index (χ1n) is 4.57. The number of nitrogens with one attached hydrogen (secondary N) is 2. The van der Waals surface area contributed by atoms with Crippen molar-refractivity contribution in [3.63, 3.8) is 0 Å². The molecule has 0 radical (unpaired) electrons. The van der Waals surface area contributed by atoms with E-state index in [0.717, 1.165) is 11.6 Å². The molecule has 0 saturated heterocycles. The van der Waals surface area contributed by atoms with Crippen LogP contribution >= 0.6 is 0 Å². The van der Waals surface area contributed by atoms with Gasteiger partial charge in [0.1, 0.15) is 0 Å². The van der Waals surface area contributed by atoms with Crippen LogP contribution in [0.1, 0.15) is 6.92 Å². The monoisotopic (exact) mass is 219 g/mol. The minimum atomic E-state index is -0.438. The predicted octanol–water partition coefficient (Wildman–Crippen LogP) is 1.53. The molecule has 0 aromatic carbocycles. The first kappa shape index (κ1) is 11.8. The molecule has 0 atom stereocenters. The molecule has 1 aromatic heterocycles. The summed E-state index contributed by atoms with van der Waals surface area (Å²) in [5.74, 6) is -0.204. The third-order valence-electron chi connectivity index (χ3n) is 1.58. The van der Waals surface area contributed by atoms with E-state index in [1.54, 1.807) is 12.2 Å². The number of hydrogen-bond acceptors (Lipinski definition) is 4. The van der Waals surface area contributed by atoms with Crippen molar-refractivity contribution in [1.29, 1.82) is 0 Å². The lowest BCUT2D eigenvalue weighted by molar-refractivity contribution is 0.452. The maximum atomic E-state index is 11.0. The molecule has 1 aromatic rings. The molecule has 0 amide bonds. The quantitative estimate of drug-likeness (QED) is 0.671. The molecule has 1 heterocycles. The van der Waals surface area contributed by atoms with Crippen molar-refractivity contribution in [3.8, 4) is 5.88 Å². The fourth-order valence-electron chi connectivity index (χ4n) is 0.941. The van der Waals surface area contributed by atoms with E-state index in [9.17, 15) is 4.79 Å². The van der Waals surface area contributed by atoms with Gasteiger partial charge in [0, 0.05) is 5.70 Å². The van der Waals surface area contributed by atoms with Crippen molar-refractivity contribution >= 4 is 5.95 Å². The second kappa shape index (κ2) is 4.97. The van der Waals surface area contributed by atoms with Gasteiger partial charge in [0.2, 0.25) is 11.8 Å². The zero-order valence-corrected chi connectivity index (χ0v) is 8.95. The number of aromatic nitrogens is 2. The van der Waals surface area contributed by atoms with Crippen LogP contribution in [0.2, 0.25) is 0 Å². The molecule has 0 saturated carbocycles. The molecule has 0 aliphatic rings. The first-order chi connectivity index (χ1) is 7.47. The van der Waals surface area contributed by atoms with Crippen LogP contribution in [0.25, 0.3) is 0 Å². The lowest BCUT2D eigenvalue weighted by atomic mass is 10.3. The highest BCUT2D eigenvalue weighted by molar-refractivity contribution is 5.40. The van der Waals surface area contributed by atoms with E-state index in [2.05, 4.69) is 28.4 Å². The van der Waals surface area contributed by atoms with Gasteiger partial charge < -0.3 is 10.4 Å². The zero-order valence-electron chi connectivity index (χ0n) is 8.95. The van der Waals surface area contributed by atoms with Gasteiger partial charge in [-0.2, -0.15) is 4.98 Å². The van der Waals surface area contributed by atoms with Crippen LogP contribution in [-0.2, 0) is 0 Å². The van der Waals surface area contributed by atoms with Gasteiger partial charge in [-0.05, 0) is 13.0 Å². The van der Waals surface area contributed by atoms with Crippen molar-refractivity contribution in [2.45, 2.75) is 6.92 Å². The predicted molar refractivity (Wildman–Crippen MR) is 63.2 cm³/mol. The highest BCUT2D eigenvalue weighted by atomic mass is 16.3. The van der Waals surface area contributed by atoms with Crippen molar-refractivity contribution < 1.29 is 5.11 Å². The Hall–Kier alpha value is -2.30. The number of H-pyrrole nitrogens is 1. The molecule has 5 heteroatoms. The standard InChI is InChI=1S/C11H13N3O2/c1-7(2)4-5-8(3)12-11-13-9(15)6-10(16)14-11/h4-6H,1,3H2,2H3,(H3,12,13,14,15,16)/b5-4-. The first-order valence-corrected chi connectivity index (χ1v) is 4.57. The summed E-state index contributed by atoms with van der Waals surface area (Å²) < 4.78 is 0. The number of aromatic amines is 1. The van der Waals surface area contributed by atoms with E-state index in [1.165, 1.54) is 0 Å². The van der Waals surface area contributed by atoms with E-state index in [-0.39, 0.29) is 11.8 Å². The van der Waals surface area contributed by atoms with Crippen LogP contribution in [0.4, 0.5) is 5.95 Å². The van der Waals surface area contributed by atoms with Crippen LogP contribution in [0.5, 0.6) is 5.88 Å². The summed E-state index contributed by atoms with van der Waals surface area (Å²) in [5.41, 5.74) is 0.962. The van der Waals surface area contributed by atoms with Crippen molar-refractivity contribution in [2.24, 2.45) is 0 Å². The average molecular weight is 219 g/mol. The molecule has 16 heavy (non-hydrogen) atoms. The summed E-state index contributed by atoms with van der Waals surface area (Å²) in [6.45, 7) is 9.24. The molecule has 0 spiro atoms. The fraction of sp³-hybridized carbons (Fsp3) is 0.0909. The molecule has 1 rings (SSSR count). The van der Waals surface area contributed by atoms with Gasteiger partial charge >= 0.3 is 0 Å². The van der Waals surface area contributed by atoms with Crippen LogP contribution in [0.15, 0.2) is 47.4 Å². The Morgan fingerprint density at radius 2 is 2.25 bits per heavy atom. The number of hydrogen-bond donors (Lipinski definition) is 3. The lowest BCUT2D eigenvalue weighted by Gasteiger charge is -2.04. The van der Waals surface area contributed by atoms with Gasteiger partial charge in [0.05, 0.1) is 6.07 Å². The van der Waals surface area contributed by atoms with Crippen LogP contribution < -0.4 is 10.9 Å². The van der Waals surface area contributed by atoms with Gasteiger partial charge in [0.25, 0.3) is 5.56 Å². The molecule has 84 valence electrons. The number of allylic oxidation sites excluding steroid dienone is 3. The summed E-state index contributed by atoms with van der Waals surface area (Å²) in [6.07, 6.45) is 3.45. The molecular formula is C11H13N3O2. The lowest BCUT2D eigenvalue weighted by Crippen LogP contribution is -2.10. The van der Waals surface area contributed by atoms with Gasteiger partial charge in [-0.1, -0.05) is 24.8 Å². The molecular weight excluding hydrogens is 206 g/mol. The van der Waals surface area contributed by atoms with Crippen molar-refractivity contribution in [3.05, 3.63) is 53.0 Å². The fourth-order valence-corrected chi connectivity index (χ4v) is 0.941. The summed E-state index contributed by atoms with van der Waals surface area (Å²) in [4.78, 5) is 17.1. The minimum absolute atomic E-state index is 0.140. The molecule has 0 bridgehead atoms. The van der Waals surface area contributed by atoms with Crippen LogP contribution in [-0.4, -0.2) is 15.1 Å². The topological polar surface area (TPSA) is 78.0 Å². The average Bonchev–Trinajstić information content (AvgIpc) is 2.12. The Morgan fingerprint density at radius 3 is 2.81 bits per heavy atom. The third-order valence-corrected chi connectivity index (χ3v) is 1.58. The van der Waals surface area contributed by atoms with E-state index in [4.69, 9.17) is 5.11 Å². The second-order valence-electron chi connectivity index (χ2n) is 3.28. The number of anilines is 1. The Balaban J connectivity index is 2.77. The van der Waals surface area contributed by atoms with Gasteiger partial charge in [-0.25, -0.2) is 0 Å². The highest BCUT2D eigenvalue weighted by Gasteiger charge is 1.98. The molecule has 0 aliphatic heterocycles. The maximum absolute atomic E-state index is 11.0. The van der Waals surface area contributed by atoms with Crippen molar-refractivity contribution in [2.75, 3.05) is 5.32 Å². The molecule has 3 N–H and O–H groups in total. The second-order valence-corrected chi connectivity index (χ2v) is 3.28. The summed E-state index contributed by atoms with van der Waals surface area (Å²) >= 11 is 0. The highest BCUT2D eigenvalue weighted by Crippen LogP contribution is 2.05. The molecule has 5 nitrogen and oxygen atoms in total. The maximum Gasteiger partial charge on any atom is 0.256 e. The normalized spacial score (nSPS) is 10.3. The third kappa shape index (κ3) is 3.83. The van der Waals surface area contributed by atoms with Crippen LogP contribution in [0, 0.1) is 0 Å². The number of aromatic hydroxyl groups is 1. The Bertz CT molecular complexity index is 500. The SMILES string of the molecule is C=C(C)/C=C\C(=C)Nc1nc(O)cc(=O)[nH]1. The van der Waals surface area contributed by atoms with E-state index in [0.29, 0.717) is 5.70 Å². The van der Waals surface area contributed by atoms with E-state index < -0.39 is 5.56 Å². The van der Waals surface area contributed by atoms with Crippen molar-refractivity contribution in [1.82, 2.24) is 9.97 Å². The van der Waals surface area contributed by atoms with Gasteiger partial charge in [0.15, 0.2) is 0 Å². The van der Waals surface area contributed by atoms with E-state index in [1.807, 2.05) is 6.92 Å². The Labute approximate surface area is 92.9 Å². The zero-order chi connectivity index (χ0) is 12.1. The molecule has 0 unspecified atom stereocenters. The Kier molecular flexibility index (Phi) is 3.66. The minimum Gasteiger partial charge on any atom is -0.493 e. The number of rotatable bonds is 4. The summed E-state index contributed by atoms with van der Waals surface area (Å²) in [6, 6.07) is 0.984. The Morgan fingerprint density at radius 1 is 1.56 bits per heavy atom. The van der Waals surface area contributed by atoms with E-state index >= 15 is 0 Å². The van der Waals surface area contributed by atoms with Gasteiger partial charge in [-0.15, -0.1) is 0 Å². The number of nitrogens with zero attached hydrogens (tertiary/aromatic N) is 1. The smallest absolute Gasteiger partial charge is 0.256 e. The molecule has 0 fully saturated rings. The van der Waals surface area contributed by atoms with Crippen LogP contribution in [0.3, 0.4) is 0 Å². The largest absolute Gasteiger partial charge is 0.493 e. The summed E-state index contributed by atoms with van der Waals surface area (Å²) in [7, 11) is 0. The molecule has 0 aliphatic carbocycles. The summed E-state index contributed by atoms with van der Waals surface area (Å²) in [5, 5.41) is 11.8.